The van der Waals surface area contributed by atoms with E-state index >= 15 is 4.39 Å². The Hall–Kier alpha value is -4.50. The lowest BCUT2D eigenvalue weighted by atomic mass is 9.85. The third-order valence-electron chi connectivity index (χ3n) is 7.19. The third kappa shape index (κ3) is 6.86. The number of hydrogen-bond donors (Lipinski definition) is 4. The van der Waals surface area contributed by atoms with Gasteiger partial charge in [-0.25, -0.2) is 13.8 Å². The van der Waals surface area contributed by atoms with E-state index in [4.69, 9.17) is 9.84 Å². The van der Waals surface area contributed by atoms with Crippen LogP contribution in [0.1, 0.15) is 60.6 Å². The molecule has 0 aliphatic heterocycles. The summed E-state index contributed by atoms with van der Waals surface area (Å²) in [6.45, 7) is 3.75. The first-order valence-electron chi connectivity index (χ1n) is 13.9. The van der Waals surface area contributed by atoms with Crippen LogP contribution in [0.4, 0.5) is 8.78 Å². The number of H-pyrrole nitrogens is 1. The van der Waals surface area contributed by atoms with Crippen LogP contribution in [-0.2, 0) is 16.8 Å². The number of aliphatic hydroxyl groups is 1. The van der Waals surface area contributed by atoms with E-state index in [0.29, 0.717) is 36.1 Å². The average molecular weight is 576 g/mol. The Bertz CT molecular complexity index is 1580. The first-order valence-corrected chi connectivity index (χ1v) is 13.9. The van der Waals surface area contributed by atoms with Crippen LogP contribution in [0.25, 0.3) is 17.5 Å². The van der Waals surface area contributed by atoms with Crippen LogP contribution in [0.2, 0.25) is 0 Å². The minimum Gasteiger partial charge on any atom is -0.481 e. The van der Waals surface area contributed by atoms with Gasteiger partial charge in [-0.1, -0.05) is 50.1 Å². The molecule has 220 valence electrons. The van der Waals surface area contributed by atoms with Crippen LogP contribution in [0.15, 0.2) is 67.0 Å². The number of imidazole rings is 1. The second kappa shape index (κ2) is 13.4. The van der Waals surface area contributed by atoms with Gasteiger partial charge < -0.3 is 25.3 Å². The number of ether oxygens (including phenoxy) is 1. The lowest BCUT2D eigenvalue weighted by Gasteiger charge is -2.28. The van der Waals surface area contributed by atoms with Gasteiger partial charge in [0.2, 0.25) is 0 Å². The molecule has 1 aromatic heterocycles. The number of halogens is 2. The molecule has 0 saturated carbocycles. The van der Waals surface area contributed by atoms with Crippen molar-refractivity contribution in [2.75, 3.05) is 7.05 Å². The van der Waals surface area contributed by atoms with E-state index in [1.54, 1.807) is 50.5 Å². The van der Waals surface area contributed by atoms with Crippen LogP contribution in [0.3, 0.4) is 0 Å². The van der Waals surface area contributed by atoms with Crippen molar-refractivity contribution in [1.82, 2.24) is 15.3 Å². The Morgan fingerprint density at radius 2 is 1.93 bits per heavy atom. The average Bonchev–Trinajstić information content (AvgIpc) is 3.48. The molecule has 0 fully saturated rings. The summed E-state index contributed by atoms with van der Waals surface area (Å²) < 4.78 is 35.7. The number of nitrogens with one attached hydrogen (secondary N) is 2. The summed E-state index contributed by atoms with van der Waals surface area (Å²) in [6, 6.07) is 14.2. The van der Waals surface area contributed by atoms with E-state index in [2.05, 4.69) is 15.3 Å². The molecule has 0 bridgehead atoms. The monoisotopic (exact) mass is 575 g/mol. The second-order valence-corrected chi connectivity index (χ2v) is 10.2. The summed E-state index contributed by atoms with van der Waals surface area (Å²) in [5.74, 6) is -1.60. The van der Waals surface area contributed by atoms with E-state index in [0.717, 1.165) is 17.5 Å². The number of nitrogens with zero attached hydrogens (tertiary/aromatic N) is 1. The van der Waals surface area contributed by atoms with E-state index in [1.807, 2.05) is 13.0 Å². The molecule has 1 heterocycles. The van der Waals surface area contributed by atoms with Gasteiger partial charge >= 0.3 is 5.97 Å². The molecule has 0 spiro atoms. The molecule has 42 heavy (non-hydrogen) atoms. The van der Waals surface area contributed by atoms with Crippen molar-refractivity contribution in [3.05, 3.63) is 107 Å². The van der Waals surface area contributed by atoms with E-state index in [-0.39, 0.29) is 29.3 Å². The van der Waals surface area contributed by atoms with Gasteiger partial charge in [0.05, 0.1) is 17.5 Å². The molecule has 0 radical (unpaired) electrons. The third-order valence-corrected chi connectivity index (χ3v) is 7.19. The van der Waals surface area contributed by atoms with Gasteiger partial charge in [0, 0.05) is 19.0 Å². The van der Waals surface area contributed by atoms with Crippen molar-refractivity contribution >= 4 is 12.0 Å². The summed E-state index contributed by atoms with van der Waals surface area (Å²) in [7, 11) is 1.76. The zero-order valence-corrected chi connectivity index (χ0v) is 23.9. The zero-order valence-electron chi connectivity index (χ0n) is 23.9. The summed E-state index contributed by atoms with van der Waals surface area (Å²) in [5, 5.41) is 23.9. The standard InChI is InChI=1S/C33H35F2N3O4/c1-4-5-16-33(41,24-8-6-7-22(18-24)9-14-30(39)40)29-20-37-32(38-29)26-19-25(11-13-27(26)34)42-31-21(2)23(15-17-36-3)10-12-28(31)35/h6-8,10-13,15,17-20,36,41H,4-5,9,14,16H2,1-3H3,(H,37,38)(H,39,40)/b17-15-. The van der Waals surface area contributed by atoms with Gasteiger partial charge in [-0.2, -0.15) is 0 Å². The summed E-state index contributed by atoms with van der Waals surface area (Å²) >= 11 is 0. The van der Waals surface area contributed by atoms with Crippen LogP contribution in [0.5, 0.6) is 11.5 Å². The van der Waals surface area contributed by atoms with E-state index in [1.165, 1.54) is 30.5 Å². The molecular weight excluding hydrogens is 540 g/mol. The molecule has 4 rings (SSSR count). The Morgan fingerprint density at radius 1 is 1.14 bits per heavy atom. The highest BCUT2D eigenvalue weighted by Gasteiger charge is 2.33. The lowest BCUT2D eigenvalue weighted by Crippen LogP contribution is -2.28. The molecule has 1 unspecified atom stereocenters. The fourth-order valence-corrected chi connectivity index (χ4v) is 4.79. The highest BCUT2D eigenvalue weighted by Crippen LogP contribution is 2.37. The van der Waals surface area contributed by atoms with Crippen LogP contribution in [-0.4, -0.2) is 33.2 Å². The zero-order chi connectivity index (χ0) is 30.3. The number of aliphatic carboxylic acids is 1. The summed E-state index contributed by atoms with van der Waals surface area (Å²) in [6.07, 6.45) is 7.20. The fraction of sp³-hybridized carbons (Fsp3) is 0.273. The Morgan fingerprint density at radius 3 is 2.67 bits per heavy atom. The Labute approximate surface area is 243 Å². The molecule has 4 N–H and O–H groups in total. The molecule has 0 saturated heterocycles. The van der Waals surface area contributed by atoms with Crippen molar-refractivity contribution in [3.63, 3.8) is 0 Å². The fourth-order valence-electron chi connectivity index (χ4n) is 4.79. The maximum Gasteiger partial charge on any atom is 0.303 e. The molecule has 0 aliphatic rings. The number of rotatable bonds is 13. The maximum absolute atomic E-state index is 15.1. The van der Waals surface area contributed by atoms with Crippen molar-refractivity contribution < 1.29 is 28.5 Å². The molecule has 7 nitrogen and oxygen atoms in total. The van der Waals surface area contributed by atoms with E-state index < -0.39 is 23.2 Å². The minimum absolute atomic E-state index is 0.0247. The van der Waals surface area contributed by atoms with Gasteiger partial charge in [0.1, 0.15) is 23.0 Å². The maximum atomic E-state index is 15.1. The molecule has 9 heteroatoms. The first-order chi connectivity index (χ1) is 20.2. The number of benzene rings is 3. The minimum atomic E-state index is -1.47. The first kappa shape index (κ1) is 30.5. The Balaban J connectivity index is 1.68. The normalized spacial score (nSPS) is 12.8. The molecule has 0 amide bonds. The number of unbranched alkanes of at least 4 members (excludes halogenated alkanes) is 1. The number of aryl methyl sites for hydroxylation is 1. The largest absolute Gasteiger partial charge is 0.481 e. The number of aromatic nitrogens is 2. The van der Waals surface area contributed by atoms with Crippen LogP contribution in [0, 0.1) is 18.6 Å². The highest BCUT2D eigenvalue weighted by molar-refractivity contribution is 5.67. The van der Waals surface area contributed by atoms with Gasteiger partial charge in [-0.3, -0.25) is 4.79 Å². The van der Waals surface area contributed by atoms with Gasteiger partial charge in [0.25, 0.3) is 0 Å². The quantitative estimate of drug-likeness (QED) is 0.136. The highest BCUT2D eigenvalue weighted by atomic mass is 19.1. The topological polar surface area (TPSA) is 107 Å². The SMILES string of the molecule is CCCCC(O)(c1cccc(CCC(=O)O)c1)c1cnc(-c2cc(Oc3c(F)ccc(/C=C\NC)c3C)ccc2F)[nH]1. The van der Waals surface area contributed by atoms with Crippen molar-refractivity contribution in [1.29, 1.82) is 0 Å². The van der Waals surface area contributed by atoms with Crippen molar-refractivity contribution in [3.8, 4) is 22.9 Å². The van der Waals surface area contributed by atoms with Gasteiger partial charge in [0.15, 0.2) is 11.6 Å². The van der Waals surface area contributed by atoms with Gasteiger partial charge in [-0.15, -0.1) is 0 Å². The predicted octanol–water partition coefficient (Wildman–Crippen LogP) is 7.09. The summed E-state index contributed by atoms with van der Waals surface area (Å²) in [5.41, 5.74) is 1.72. The summed E-state index contributed by atoms with van der Waals surface area (Å²) in [4.78, 5) is 18.5. The second-order valence-electron chi connectivity index (χ2n) is 10.2. The molecule has 0 aliphatic carbocycles. The lowest BCUT2D eigenvalue weighted by molar-refractivity contribution is -0.136. The molecule has 3 aromatic carbocycles. The van der Waals surface area contributed by atoms with Crippen molar-refractivity contribution in [2.45, 2.75) is 51.6 Å². The van der Waals surface area contributed by atoms with E-state index in [9.17, 15) is 14.3 Å². The van der Waals surface area contributed by atoms with Gasteiger partial charge in [-0.05, 0) is 73.0 Å². The van der Waals surface area contributed by atoms with Crippen LogP contribution >= 0.6 is 0 Å². The molecule has 1 atom stereocenters. The number of carboxylic acid groups (broad SMARTS) is 1. The Kier molecular flexibility index (Phi) is 9.75. The smallest absolute Gasteiger partial charge is 0.303 e. The number of carbonyl (C=O) groups is 1. The van der Waals surface area contributed by atoms with Crippen molar-refractivity contribution in [2.24, 2.45) is 0 Å². The molecular formula is C33H35F2N3O4. The number of aromatic amines is 1. The predicted molar refractivity (Wildman–Crippen MR) is 158 cm³/mol. The number of carboxylic acids is 1. The number of hydrogen-bond acceptors (Lipinski definition) is 5. The van der Waals surface area contributed by atoms with Crippen LogP contribution < -0.4 is 10.1 Å². The molecule has 4 aromatic rings.